The van der Waals surface area contributed by atoms with Crippen molar-refractivity contribution in [3.05, 3.63) is 29.5 Å². The molecule has 5 nitrogen and oxygen atoms in total. The van der Waals surface area contributed by atoms with Crippen molar-refractivity contribution in [2.24, 2.45) is 0 Å². The predicted molar refractivity (Wildman–Crippen MR) is 105 cm³/mol. The number of hydrogen-bond donors (Lipinski definition) is 1. The lowest BCUT2D eigenvalue weighted by Crippen LogP contribution is -2.41. The van der Waals surface area contributed by atoms with Crippen LogP contribution in [0.5, 0.6) is 0 Å². The quantitative estimate of drug-likeness (QED) is 0.844. The number of allylic oxidation sites excluding steroid dienone is 1. The number of carbonyl (C=O) groups is 1. The topological polar surface area (TPSA) is 44.8 Å². The molecule has 1 aromatic carbocycles. The van der Waals surface area contributed by atoms with Gasteiger partial charge in [-0.15, -0.1) is 0 Å². The van der Waals surface area contributed by atoms with Gasteiger partial charge in [0.05, 0.1) is 11.3 Å². The van der Waals surface area contributed by atoms with E-state index >= 15 is 0 Å². The average Bonchev–Trinajstić information content (AvgIpc) is 3.15. The van der Waals surface area contributed by atoms with Crippen LogP contribution in [0, 0.1) is 0 Å². The molecule has 0 radical (unpaired) electrons. The summed E-state index contributed by atoms with van der Waals surface area (Å²) in [6.45, 7) is 6.78. The largest absolute Gasteiger partial charge is 0.383 e. The third-order valence-corrected chi connectivity index (χ3v) is 5.63. The zero-order valence-corrected chi connectivity index (χ0v) is 16.0. The van der Waals surface area contributed by atoms with Gasteiger partial charge in [-0.25, -0.2) is 0 Å². The van der Waals surface area contributed by atoms with Gasteiger partial charge in [-0.3, -0.25) is 4.79 Å². The first-order valence-corrected chi connectivity index (χ1v) is 9.83. The average molecular weight is 355 g/mol. The number of nitrogens with zero attached hydrogens (tertiary/aromatic N) is 2. The molecule has 2 fully saturated rings. The van der Waals surface area contributed by atoms with Crippen molar-refractivity contribution in [3.63, 3.8) is 0 Å². The number of amides is 1. The fraction of sp³-hybridized carbons (Fsp3) is 0.571. The Labute approximate surface area is 156 Å². The summed E-state index contributed by atoms with van der Waals surface area (Å²) in [5.74, 6) is 0.178. The molecule has 0 saturated carbocycles. The molecule has 0 atom stereocenters. The van der Waals surface area contributed by atoms with Crippen LogP contribution in [-0.2, 0) is 9.53 Å². The van der Waals surface area contributed by atoms with Gasteiger partial charge in [-0.2, -0.15) is 0 Å². The molecule has 3 aliphatic rings. The Kier molecular flexibility index (Phi) is 4.65. The molecular weight excluding hydrogens is 326 g/mol. The monoisotopic (exact) mass is 355 g/mol. The van der Waals surface area contributed by atoms with Crippen molar-refractivity contribution in [1.29, 1.82) is 0 Å². The molecule has 1 aromatic rings. The highest BCUT2D eigenvalue weighted by Crippen LogP contribution is 2.44. The molecule has 1 amide bonds. The molecule has 0 aliphatic carbocycles. The summed E-state index contributed by atoms with van der Waals surface area (Å²) in [5.41, 5.74) is 5.36. The molecule has 4 rings (SSSR count). The summed E-state index contributed by atoms with van der Waals surface area (Å²) in [6.07, 6.45) is 3.94. The minimum atomic E-state index is 0.178. The van der Waals surface area contributed by atoms with Gasteiger partial charge >= 0.3 is 0 Å². The van der Waals surface area contributed by atoms with Crippen molar-refractivity contribution in [1.82, 2.24) is 4.90 Å². The molecule has 0 unspecified atom stereocenters. The van der Waals surface area contributed by atoms with E-state index in [0.29, 0.717) is 6.04 Å². The molecule has 5 heteroatoms. The maximum Gasteiger partial charge on any atom is 0.261 e. The third kappa shape index (κ3) is 2.98. The number of likely N-dealkylation sites (tertiary alicyclic amines) is 1. The number of ether oxygens (including phenoxy) is 1. The molecule has 140 valence electrons. The van der Waals surface area contributed by atoms with E-state index in [9.17, 15) is 4.79 Å². The second-order valence-electron chi connectivity index (χ2n) is 7.90. The van der Waals surface area contributed by atoms with Crippen molar-refractivity contribution in [2.75, 3.05) is 37.0 Å². The van der Waals surface area contributed by atoms with Crippen molar-refractivity contribution >= 4 is 22.9 Å². The minimum Gasteiger partial charge on any atom is -0.383 e. The van der Waals surface area contributed by atoms with E-state index in [-0.39, 0.29) is 11.9 Å². The van der Waals surface area contributed by atoms with Crippen molar-refractivity contribution in [3.8, 4) is 0 Å². The molecule has 3 heterocycles. The Morgan fingerprint density at radius 1 is 1.23 bits per heavy atom. The molecule has 26 heavy (non-hydrogen) atoms. The summed E-state index contributed by atoms with van der Waals surface area (Å²) in [7, 11) is 2.11. The maximum atomic E-state index is 13.5. The minimum absolute atomic E-state index is 0.178. The highest BCUT2D eigenvalue weighted by atomic mass is 16.5. The summed E-state index contributed by atoms with van der Waals surface area (Å²) < 4.78 is 5.52. The Morgan fingerprint density at radius 3 is 2.65 bits per heavy atom. The molecule has 0 aromatic heterocycles. The van der Waals surface area contributed by atoms with Crippen LogP contribution in [0.2, 0.25) is 0 Å². The van der Waals surface area contributed by atoms with Crippen LogP contribution in [0.15, 0.2) is 23.9 Å². The van der Waals surface area contributed by atoms with Crippen LogP contribution in [0.25, 0.3) is 5.57 Å². The van der Waals surface area contributed by atoms with Crippen molar-refractivity contribution < 1.29 is 9.53 Å². The van der Waals surface area contributed by atoms with E-state index in [2.05, 4.69) is 49.3 Å². The molecule has 0 bridgehead atoms. The molecule has 0 spiro atoms. The van der Waals surface area contributed by atoms with Gasteiger partial charge in [0.1, 0.15) is 0 Å². The van der Waals surface area contributed by atoms with Crippen LogP contribution in [0.3, 0.4) is 0 Å². The van der Waals surface area contributed by atoms with E-state index in [1.807, 2.05) is 4.90 Å². The standard InChI is InChI=1S/C21H29N3O2/c1-14(2)22-15-6-7-18-17(13-15)20(19-5-4-10-23(19)3)21(25)24(18)16-8-11-26-12-9-16/h6-7,13-14,16,22H,4-5,8-12H2,1-3H3/b20-19-. The number of hydrogen-bond acceptors (Lipinski definition) is 4. The van der Waals surface area contributed by atoms with Gasteiger partial charge in [0.2, 0.25) is 0 Å². The highest BCUT2D eigenvalue weighted by molar-refractivity contribution is 6.33. The van der Waals surface area contributed by atoms with Gasteiger partial charge in [0, 0.05) is 55.8 Å². The van der Waals surface area contributed by atoms with E-state index < -0.39 is 0 Å². The zero-order chi connectivity index (χ0) is 18.3. The fourth-order valence-electron chi connectivity index (χ4n) is 4.42. The summed E-state index contributed by atoms with van der Waals surface area (Å²) >= 11 is 0. The molecule has 3 aliphatic heterocycles. The van der Waals surface area contributed by atoms with Gasteiger partial charge in [0.15, 0.2) is 0 Å². The van der Waals surface area contributed by atoms with Gasteiger partial charge in [0.25, 0.3) is 5.91 Å². The van der Waals surface area contributed by atoms with E-state index in [4.69, 9.17) is 4.74 Å². The van der Waals surface area contributed by atoms with E-state index in [1.54, 1.807) is 0 Å². The fourth-order valence-corrected chi connectivity index (χ4v) is 4.42. The second-order valence-corrected chi connectivity index (χ2v) is 7.90. The Hall–Kier alpha value is -2.01. The second kappa shape index (κ2) is 6.95. The summed E-state index contributed by atoms with van der Waals surface area (Å²) in [5, 5.41) is 3.48. The first-order valence-electron chi connectivity index (χ1n) is 9.83. The number of benzene rings is 1. The number of rotatable bonds is 3. The van der Waals surface area contributed by atoms with Crippen LogP contribution in [-0.4, -0.2) is 49.7 Å². The van der Waals surface area contributed by atoms with Crippen LogP contribution >= 0.6 is 0 Å². The molecular formula is C21H29N3O2. The van der Waals surface area contributed by atoms with Gasteiger partial charge in [-0.1, -0.05) is 0 Å². The Bertz CT molecular complexity index is 735. The molecule has 1 N–H and O–H groups in total. The normalized spacial score (nSPS) is 23.9. The number of nitrogens with one attached hydrogen (secondary N) is 1. The Morgan fingerprint density at radius 2 is 2.00 bits per heavy atom. The lowest BCUT2D eigenvalue weighted by atomic mass is 10.0. The summed E-state index contributed by atoms with van der Waals surface area (Å²) in [6, 6.07) is 6.99. The van der Waals surface area contributed by atoms with Gasteiger partial charge in [-0.05, 0) is 57.7 Å². The number of carbonyl (C=O) groups excluding carboxylic acids is 1. The maximum absolute atomic E-state index is 13.5. The Balaban J connectivity index is 1.80. The van der Waals surface area contributed by atoms with Crippen LogP contribution in [0.1, 0.15) is 45.1 Å². The van der Waals surface area contributed by atoms with Gasteiger partial charge < -0.3 is 19.9 Å². The van der Waals surface area contributed by atoms with E-state index in [1.165, 1.54) is 5.70 Å². The lowest BCUT2D eigenvalue weighted by Gasteiger charge is -2.31. The SMILES string of the molecule is CC(C)Nc1ccc2c(c1)/C(=C1\CCCN1C)C(=O)N2C1CCOCC1. The van der Waals surface area contributed by atoms with E-state index in [0.717, 1.165) is 68.0 Å². The van der Waals surface area contributed by atoms with Crippen LogP contribution in [0.4, 0.5) is 11.4 Å². The van der Waals surface area contributed by atoms with Crippen molar-refractivity contribution in [2.45, 2.75) is 51.6 Å². The third-order valence-electron chi connectivity index (χ3n) is 5.63. The number of fused-ring (bicyclic) bond motifs is 1. The number of anilines is 2. The first-order chi connectivity index (χ1) is 12.6. The lowest BCUT2D eigenvalue weighted by molar-refractivity contribution is -0.113. The smallest absolute Gasteiger partial charge is 0.261 e. The highest BCUT2D eigenvalue weighted by Gasteiger charge is 2.40. The predicted octanol–water partition coefficient (Wildman–Crippen LogP) is 3.47. The molecule has 2 saturated heterocycles. The summed E-state index contributed by atoms with van der Waals surface area (Å²) in [4.78, 5) is 17.8. The van der Waals surface area contributed by atoms with Crippen LogP contribution < -0.4 is 10.2 Å². The zero-order valence-electron chi connectivity index (χ0n) is 16.0. The first kappa shape index (κ1) is 17.4.